The van der Waals surface area contributed by atoms with Gasteiger partial charge in [-0.05, 0) is 18.9 Å². The number of carbonyl (C=O) groups excluding carboxylic acids is 2. The number of amides is 2. The Kier molecular flexibility index (Phi) is 6.69. The van der Waals surface area contributed by atoms with Gasteiger partial charge in [-0.1, -0.05) is 11.2 Å². The molecule has 0 bridgehead atoms. The molecule has 5 rings (SSSR count). The van der Waals surface area contributed by atoms with Crippen LogP contribution >= 0.6 is 23.3 Å². The number of nitrogens with zero attached hydrogens (tertiary/aromatic N) is 5. The van der Waals surface area contributed by atoms with E-state index in [1.54, 1.807) is 23.5 Å². The van der Waals surface area contributed by atoms with E-state index in [4.69, 9.17) is 15.7 Å². The number of thioether (sulfide) groups is 1. The van der Waals surface area contributed by atoms with Crippen molar-refractivity contribution in [3.05, 3.63) is 59.8 Å². The molecular weight excluding hydrogens is 506 g/mol. The van der Waals surface area contributed by atoms with Gasteiger partial charge in [-0.15, -0.1) is 11.8 Å². The van der Waals surface area contributed by atoms with Gasteiger partial charge in [0.25, 0.3) is 11.8 Å². The normalized spacial score (nSPS) is 23.1. The summed E-state index contributed by atoms with van der Waals surface area (Å²) in [5.74, 6) is -1.14. The number of allylic oxidation sites excluding steroid dienone is 1. The number of nitrogen functional groups attached to an aromatic ring is 1. The highest BCUT2D eigenvalue weighted by atomic mass is 32.2. The van der Waals surface area contributed by atoms with Crippen LogP contribution in [-0.2, 0) is 21.0 Å². The average molecular weight is 529 g/mol. The maximum atomic E-state index is 13.1. The van der Waals surface area contributed by atoms with Crippen LogP contribution in [0.25, 0.3) is 0 Å². The molecule has 3 atom stereocenters. The lowest BCUT2D eigenvalue weighted by Crippen LogP contribution is -2.69. The third-order valence-electron chi connectivity index (χ3n) is 5.77. The van der Waals surface area contributed by atoms with Crippen LogP contribution in [0.1, 0.15) is 29.0 Å². The first kappa shape index (κ1) is 23.9. The predicted molar refractivity (Wildman–Crippen MR) is 131 cm³/mol. The molecule has 186 valence electrons. The summed E-state index contributed by atoms with van der Waals surface area (Å²) in [5, 5.41) is 15.7. The van der Waals surface area contributed by atoms with E-state index in [-0.39, 0.29) is 39.6 Å². The van der Waals surface area contributed by atoms with Crippen LogP contribution in [0.3, 0.4) is 0 Å². The molecule has 1 aliphatic carbocycles. The summed E-state index contributed by atoms with van der Waals surface area (Å²) in [6.45, 7) is 0.515. The van der Waals surface area contributed by atoms with E-state index in [1.807, 2.05) is 16.7 Å². The van der Waals surface area contributed by atoms with Gasteiger partial charge in [0.2, 0.25) is 11.5 Å². The minimum absolute atomic E-state index is 0.0463. The van der Waals surface area contributed by atoms with Crippen LogP contribution in [0.5, 0.6) is 0 Å². The summed E-state index contributed by atoms with van der Waals surface area (Å²) in [7, 11) is 0. The lowest BCUT2D eigenvalue weighted by Gasteiger charge is -2.47. The molecule has 36 heavy (non-hydrogen) atoms. The Bertz CT molecular complexity index is 1290. The standard InChI is InChI=1S/C22H21N7O5S2/c23-22-25-17(27-36-22)15(26-34-14-3-1-2-4-14)18(30)24-16-19(31)29-10-12(11-35-20(16)29)9-28-7-5-13(6-8-28)21(32)33/h1,3,5-8,10,14,16,20H,2,4,9,11H2,(H3-,23,24,25,27,30,32,33)/p+1/t14?,16?,20-/m1/s1. The van der Waals surface area contributed by atoms with Crippen molar-refractivity contribution in [1.82, 2.24) is 19.6 Å². The highest BCUT2D eigenvalue weighted by Crippen LogP contribution is 2.36. The molecule has 0 aromatic carbocycles. The van der Waals surface area contributed by atoms with Crippen LogP contribution in [0.15, 0.2) is 53.6 Å². The Morgan fingerprint density at radius 2 is 2.17 bits per heavy atom. The third kappa shape index (κ3) is 4.95. The van der Waals surface area contributed by atoms with Crippen molar-refractivity contribution in [2.75, 3.05) is 11.5 Å². The maximum Gasteiger partial charge on any atom is 0.336 e. The fourth-order valence-electron chi connectivity index (χ4n) is 3.92. The van der Waals surface area contributed by atoms with Crippen molar-refractivity contribution >= 4 is 51.9 Å². The quantitative estimate of drug-likeness (QED) is 0.146. The first-order valence-electron chi connectivity index (χ1n) is 11.1. The van der Waals surface area contributed by atoms with Crippen LogP contribution in [0.2, 0.25) is 0 Å². The number of pyridine rings is 1. The molecule has 4 N–H and O–H groups in total. The van der Waals surface area contributed by atoms with E-state index < -0.39 is 17.9 Å². The van der Waals surface area contributed by atoms with Crippen LogP contribution in [0.4, 0.5) is 5.13 Å². The van der Waals surface area contributed by atoms with E-state index in [1.165, 1.54) is 23.9 Å². The number of nitrogens with two attached hydrogens (primary N) is 1. The summed E-state index contributed by atoms with van der Waals surface area (Å²) in [5.41, 5.74) is 6.75. The fourth-order valence-corrected chi connectivity index (χ4v) is 5.61. The minimum Gasteiger partial charge on any atom is -0.478 e. The highest BCUT2D eigenvalue weighted by Gasteiger charge is 2.50. The van der Waals surface area contributed by atoms with Crippen LogP contribution in [0, 0.1) is 0 Å². The van der Waals surface area contributed by atoms with Gasteiger partial charge in [0.1, 0.15) is 17.5 Å². The topological polar surface area (TPSA) is 164 Å². The van der Waals surface area contributed by atoms with Gasteiger partial charge in [-0.2, -0.15) is 9.36 Å². The molecule has 4 heterocycles. The largest absolute Gasteiger partial charge is 0.478 e. The second-order valence-corrected chi connectivity index (χ2v) is 10.2. The molecule has 2 aromatic heterocycles. The summed E-state index contributed by atoms with van der Waals surface area (Å²) >= 11 is 2.47. The molecule has 3 aliphatic rings. The molecule has 2 unspecified atom stereocenters. The van der Waals surface area contributed by atoms with E-state index >= 15 is 0 Å². The second kappa shape index (κ2) is 10.1. The predicted octanol–water partition coefficient (Wildman–Crippen LogP) is 0.529. The van der Waals surface area contributed by atoms with Crippen molar-refractivity contribution in [3.8, 4) is 0 Å². The molecule has 2 aliphatic heterocycles. The summed E-state index contributed by atoms with van der Waals surface area (Å²) in [4.78, 5) is 48.0. The number of aromatic carboxylic acids is 1. The first-order valence-corrected chi connectivity index (χ1v) is 12.9. The van der Waals surface area contributed by atoms with Gasteiger partial charge in [0.15, 0.2) is 24.1 Å². The monoisotopic (exact) mass is 528 g/mol. The molecule has 1 saturated heterocycles. The van der Waals surface area contributed by atoms with Crippen molar-refractivity contribution in [2.24, 2.45) is 5.16 Å². The van der Waals surface area contributed by atoms with Crippen molar-refractivity contribution in [1.29, 1.82) is 0 Å². The van der Waals surface area contributed by atoms with Crippen LogP contribution in [-0.4, -0.2) is 66.1 Å². The van der Waals surface area contributed by atoms with Gasteiger partial charge in [0, 0.05) is 41.2 Å². The number of fused-ring (bicyclic) bond motifs is 1. The van der Waals surface area contributed by atoms with Gasteiger partial charge < -0.3 is 25.9 Å². The van der Waals surface area contributed by atoms with Crippen molar-refractivity contribution in [2.45, 2.75) is 36.9 Å². The number of nitrogens with one attached hydrogen (secondary N) is 1. The van der Waals surface area contributed by atoms with Crippen molar-refractivity contribution in [3.63, 3.8) is 0 Å². The van der Waals surface area contributed by atoms with E-state index in [0.717, 1.165) is 29.9 Å². The highest BCUT2D eigenvalue weighted by molar-refractivity contribution is 8.00. The smallest absolute Gasteiger partial charge is 0.336 e. The number of rotatable bonds is 8. The van der Waals surface area contributed by atoms with Crippen molar-refractivity contribution < 1.29 is 28.9 Å². The van der Waals surface area contributed by atoms with Crippen LogP contribution < -0.4 is 15.6 Å². The first-order chi connectivity index (χ1) is 17.4. The zero-order valence-electron chi connectivity index (χ0n) is 18.8. The Balaban J connectivity index is 1.24. The number of hydrogen-bond acceptors (Lipinski definition) is 10. The lowest BCUT2D eigenvalue weighted by molar-refractivity contribution is -0.689. The molecule has 12 nitrogen and oxygen atoms in total. The minimum atomic E-state index is -0.985. The number of hydrogen-bond donors (Lipinski definition) is 3. The number of carboxylic acid groups (broad SMARTS) is 1. The van der Waals surface area contributed by atoms with Gasteiger partial charge in [0.05, 0.1) is 5.56 Å². The SMILES string of the molecule is Nc1nc(C(=NOC2C=CCC2)C(=O)NC2C(=O)N3C=C(C[n+]4ccc(C(=O)O)cc4)CS[C@H]23)ns1. The molecule has 0 spiro atoms. The summed E-state index contributed by atoms with van der Waals surface area (Å²) in [6, 6.07) is 2.33. The fraction of sp³-hybridized carbons (Fsp3) is 0.318. The zero-order valence-corrected chi connectivity index (χ0v) is 20.4. The zero-order chi connectivity index (χ0) is 25.2. The van der Waals surface area contributed by atoms with Gasteiger partial charge >= 0.3 is 5.97 Å². The van der Waals surface area contributed by atoms with Gasteiger partial charge in [-0.3, -0.25) is 9.59 Å². The number of carboxylic acids is 1. The summed E-state index contributed by atoms with van der Waals surface area (Å²) in [6.07, 6.45) is 10.4. The number of aromatic nitrogens is 3. The van der Waals surface area contributed by atoms with E-state index in [0.29, 0.717) is 12.3 Å². The Labute approximate surface area is 213 Å². The molecule has 2 aromatic rings. The number of oxime groups is 1. The molecule has 1 fully saturated rings. The Morgan fingerprint density at radius 1 is 1.36 bits per heavy atom. The molecule has 14 heteroatoms. The number of β-lactam (4-membered cyclic amide) rings is 1. The number of carbonyl (C=O) groups is 3. The second-order valence-electron chi connectivity index (χ2n) is 8.30. The molecular formula is C22H22N7O5S2+. The number of anilines is 1. The molecule has 2 amide bonds. The van der Waals surface area contributed by atoms with E-state index in [9.17, 15) is 14.4 Å². The van der Waals surface area contributed by atoms with Gasteiger partial charge in [-0.25, -0.2) is 9.36 Å². The lowest BCUT2D eigenvalue weighted by atomic mass is 10.1. The summed E-state index contributed by atoms with van der Waals surface area (Å²) < 4.78 is 5.91. The Morgan fingerprint density at radius 3 is 2.83 bits per heavy atom. The third-order valence-corrected chi connectivity index (χ3v) is 7.69. The average Bonchev–Trinajstić information content (AvgIpc) is 3.55. The molecule has 0 radical (unpaired) electrons. The van der Waals surface area contributed by atoms with E-state index in [2.05, 4.69) is 19.8 Å². The molecule has 0 saturated carbocycles. The Hall–Kier alpha value is -3.78. The maximum absolute atomic E-state index is 13.1.